The zero-order valence-corrected chi connectivity index (χ0v) is 10.8. The number of nitrogens with zero attached hydrogens (tertiary/aromatic N) is 3. The summed E-state index contributed by atoms with van der Waals surface area (Å²) >= 11 is 0. The number of carbonyl (C=O) groups is 1. The molecular weight excluding hydrogens is 279 g/mol. The van der Waals surface area contributed by atoms with Crippen LogP contribution < -0.4 is 0 Å². The first-order chi connectivity index (χ1) is 9.41. The van der Waals surface area contributed by atoms with Gasteiger partial charge in [0.2, 0.25) is 5.91 Å². The highest BCUT2D eigenvalue weighted by Crippen LogP contribution is 2.31. The lowest BCUT2D eigenvalue weighted by Gasteiger charge is -2.15. The predicted molar refractivity (Wildman–Crippen MR) is 59.7 cm³/mol. The minimum absolute atomic E-state index is 0.0102. The zero-order valence-electron chi connectivity index (χ0n) is 10.8. The monoisotopic (exact) mass is 293 g/mol. The molecule has 1 aromatic heterocycles. The maximum absolute atomic E-state index is 12.4. The van der Waals surface area contributed by atoms with Gasteiger partial charge in [-0.2, -0.15) is 18.2 Å². The highest BCUT2D eigenvalue weighted by atomic mass is 19.4. The molecule has 0 saturated carbocycles. The number of alkyl halides is 3. The topological polar surface area (TPSA) is 68.5 Å². The molecule has 1 aliphatic rings. The number of aromatic nitrogens is 2. The normalized spacial score (nSPS) is 19.6. The molecule has 0 aromatic carbocycles. The van der Waals surface area contributed by atoms with E-state index in [1.165, 1.54) is 4.90 Å². The fourth-order valence-corrected chi connectivity index (χ4v) is 1.99. The summed E-state index contributed by atoms with van der Waals surface area (Å²) in [6.07, 6.45) is -4.14. The van der Waals surface area contributed by atoms with E-state index >= 15 is 0 Å². The minimum Gasteiger partial charge on any atom is -0.372 e. The number of carbonyl (C=O) groups excluding carboxylic acids is 1. The Kier molecular flexibility index (Phi) is 4.26. The van der Waals surface area contributed by atoms with E-state index in [0.717, 1.165) is 0 Å². The molecule has 1 aromatic rings. The maximum Gasteiger partial charge on any atom is 0.471 e. The van der Waals surface area contributed by atoms with E-state index in [-0.39, 0.29) is 30.8 Å². The molecule has 2 rings (SSSR count). The van der Waals surface area contributed by atoms with Crippen molar-refractivity contribution in [1.82, 2.24) is 15.0 Å². The van der Waals surface area contributed by atoms with E-state index in [2.05, 4.69) is 14.7 Å². The number of hydrogen-bond donors (Lipinski definition) is 0. The number of ether oxygens (including phenoxy) is 1. The molecule has 0 unspecified atom stereocenters. The van der Waals surface area contributed by atoms with Crippen molar-refractivity contribution in [2.24, 2.45) is 0 Å². The molecule has 112 valence electrons. The van der Waals surface area contributed by atoms with E-state index in [9.17, 15) is 18.0 Å². The molecule has 1 atom stereocenters. The van der Waals surface area contributed by atoms with Crippen LogP contribution in [0.25, 0.3) is 0 Å². The number of likely N-dealkylation sites (tertiary alicyclic amines) is 1. The van der Waals surface area contributed by atoms with Crippen molar-refractivity contribution in [2.75, 3.05) is 26.3 Å². The molecule has 0 radical (unpaired) electrons. The molecule has 6 nitrogen and oxygen atoms in total. The van der Waals surface area contributed by atoms with Gasteiger partial charge < -0.3 is 14.2 Å². The van der Waals surface area contributed by atoms with E-state index in [1.54, 1.807) is 6.92 Å². The van der Waals surface area contributed by atoms with Crippen LogP contribution in [-0.2, 0) is 15.7 Å². The molecule has 0 aliphatic carbocycles. The number of hydrogen-bond acceptors (Lipinski definition) is 5. The first-order valence-corrected chi connectivity index (χ1v) is 6.18. The fourth-order valence-electron chi connectivity index (χ4n) is 1.99. The lowest BCUT2D eigenvalue weighted by molar-refractivity contribution is -0.159. The van der Waals surface area contributed by atoms with Crippen LogP contribution in [0.4, 0.5) is 13.2 Å². The molecule has 2 heterocycles. The van der Waals surface area contributed by atoms with Crippen LogP contribution in [0.1, 0.15) is 31.0 Å². The smallest absolute Gasteiger partial charge is 0.372 e. The van der Waals surface area contributed by atoms with Crippen LogP contribution in [0.2, 0.25) is 0 Å². The van der Waals surface area contributed by atoms with Gasteiger partial charge in [0, 0.05) is 25.6 Å². The molecule has 0 bridgehead atoms. The van der Waals surface area contributed by atoms with Gasteiger partial charge in [-0.15, -0.1) is 0 Å². The van der Waals surface area contributed by atoms with Crippen molar-refractivity contribution in [3.63, 3.8) is 0 Å². The summed E-state index contributed by atoms with van der Waals surface area (Å²) in [7, 11) is 0. The summed E-state index contributed by atoms with van der Waals surface area (Å²) < 4.78 is 46.3. The lowest BCUT2D eigenvalue weighted by Crippen LogP contribution is -2.31. The minimum atomic E-state index is -4.64. The van der Waals surface area contributed by atoms with E-state index < -0.39 is 12.1 Å². The van der Waals surface area contributed by atoms with E-state index in [1.807, 2.05) is 0 Å². The SMILES string of the molecule is CCOCC(=O)N1CC[C@H](c2noc(C(F)(F)F)n2)C1. The Morgan fingerprint density at radius 2 is 2.30 bits per heavy atom. The third kappa shape index (κ3) is 3.27. The third-order valence-corrected chi connectivity index (χ3v) is 3.02. The van der Waals surface area contributed by atoms with Gasteiger partial charge in [-0.25, -0.2) is 0 Å². The molecule has 1 saturated heterocycles. The van der Waals surface area contributed by atoms with Crippen molar-refractivity contribution in [1.29, 1.82) is 0 Å². The van der Waals surface area contributed by atoms with Crippen molar-refractivity contribution < 1.29 is 27.2 Å². The van der Waals surface area contributed by atoms with Crippen LogP contribution in [0, 0.1) is 0 Å². The third-order valence-electron chi connectivity index (χ3n) is 3.02. The van der Waals surface area contributed by atoms with Crippen LogP contribution in [-0.4, -0.2) is 47.3 Å². The maximum atomic E-state index is 12.4. The average Bonchev–Trinajstić information content (AvgIpc) is 3.02. The Balaban J connectivity index is 1.96. The molecule has 0 N–H and O–H groups in total. The van der Waals surface area contributed by atoms with Crippen molar-refractivity contribution in [2.45, 2.75) is 25.4 Å². The summed E-state index contributed by atoms with van der Waals surface area (Å²) in [5.41, 5.74) is 0. The Bertz CT molecular complexity index is 475. The Labute approximate surface area is 112 Å². The highest BCUT2D eigenvalue weighted by Gasteiger charge is 2.40. The van der Waals surface area contributed by atoms with E-state index in [0.29, 0.717) is 19.6 Å². The van der Waals surface area contributed by atoms with Gasteiger partial charge in [0.05, 0.1) is 0 Å². The number of halogens is 3. The molecule has 1 amide bonds. The highest BCUT2D eigenvalue weighted by molar-refractivity contribution is 5.77. The van der Waals surface area contributed by atoms with E-state index in [4.69, 9.17) is 4.74 Å². The molecule has 1 fully saturated rings. The summed E-state index contributed by atoms with van der Waals surface area (Å²) in [5.74, 6) is -1.88. The number of amides is 1. The van der Waals surface area contributed by atoms with Crippen molar-refractivity contribution in [3.05, 3.63) is 11.7 Å². The Hall–Kier alpha value is -1.64. The van der Waals surface area contributed by atoms with Gasteiger partial charge in [0.25, 0.3) is 0 Å². The van der Waals surface area contributed by atoms with Gasteiger partial charge in [-0.05, 0) is 13.3 Å². The van der Waals surface area contributed by atoms with Crippen molar-refractivity contribution >= 4 is 5.91 Å². The quantitative estimate of drug-likeness (QED) is 0.840. The van der Waals surface area contributed by atoms with Crippen LogP contribution in [0.3, 0.4) is 0 Å². The van der Waals surface area contributed by atoms with Crippen LogP contribution >= 0.6 is 0 Å². The van der Waals surface area contributed by atoms with Crippen LogP contribution in [0.5, 0.6) is 0 Å². The molecule has 0 spiro atoms. The predicted octanol–water partition coefficient (Wildman–Crippen LogP) is 1.44. The first kappa shape index (κ1) is 14.8. The summed E-state index contributed by atoms with van der Waals surface area (Å²) in [6.45, 7) is 2.92. The summed E-state index contributed by atoms with van der Waals surface area (Å²) in [4.78, 5) is 16.6. The number of rotatable bonds is 4. The average molecular weight is 293 g/mol. The second kappa shape index (κ2) is 5.78. The molecular formula is C11H14F3N3O3. The molecule has 1 aliphatic heterocycles. The largest absolute Gasteiger partial charge is 0.471 e. The molecule has 20 heavy (non-hydrogen) atoms. The second-order valence-corrected chi connectivity index (χ2v) is 4.42. The molecule has 9 heteroatoms. The Morgan fingerprint density at radius 3 is 2.90 bits per heavy atom. The summed E-state index contributed by atoms with van der Waals surface area (Å²) in [6, 6.07) is 0. The van der Waals surface area contributed by atoms with Gasteiger partial charge in [-0.3, -0.25) is 4.79 Å². The first-order valence-electron chi connectivity index (χ1n) is 6.18. The standard InChI is InChI=1S/C11H14F3N3O3/c1-2-19-6-8(18)17-4-3-7(5-17)9-15-10(20-16-9)11(12,13)14/h7H,2-6H2,1H3/t7-/m0/s1. The zero-order chi connectivity index (χ0) is 14.8. The van der Waals surface area contributed by atoms with Gasteiger partial charge in [-0.1, -0.05) is 5.16 Å². The fraction of sp³-hybridized carbons (Fsp3) is 0.727. The second-order valence-electron chi connectivity index (χ2n) is 4.42. The van der Waals surface area contributed by atoms with Crippen molar-refractivity contribution in [3.8, 4) is 0 Å². The van der Waals surface area contributed by atoms with Gasteiger partial charge in [0.15, 0.2) is 5.82 Å². The van der Waals surface area contributed by atoms with Crippen LogP contribution in [0.15, 0.2) is 4.52 Å². The Morgan fingerprint density at radius 1 is 1.55 bits per heavy atom. The van der Waals surface area contributed by atoms with Gasteiger partial charge in [0.1, 0.15) is 6.61 Å². The van der Waals surface area contributed by atoms with Gasteiger partial charge >= 0.3 is 12.1 Å². The lowest BCUT2D eigenvalue weighted by atomic mass is 10.1. The summed E-state index contributed by atoms with van der Waals surface area (Å²) in [5, 5.41) is 3.35.